The van der Waals surface area contributed by atoms with Gasteiger partial charge in [-0.1, -0.05) is 71.1 Å². The van der Waals surface area contributed by atoms with Gasteiger partial charge in [0, 0.05) is 19.5 Å². The van der Waals surface area contributed by atoms with Crippen LogP contribution in [-0.4, -0.2) is 35.6 Å². The molecule has 0 aliphatic rings. The van der Waals surface area contributed by atoms with Gasteiger partial charge >= 0.3 is 0 Å². The van der Waals surface area contributed by atoms with Gasteiger partial charge in [-0.05, 0) is 13.3 Å². The molecule has 0 aliphatic carbocycles. The van der Waals surface area contributed by atoms with Crippen molar-refractivity contribution in [1.29, 1.82) is 0 Å². The number of aliphatic hydroxyl groups is 1. The molecule has 0 bridgehead atoms. The number of nitrogens with zero attached hydrogens (tertiary/aromatic N) is 1. The number of likely N-dealkylation sites (N-methyl/N-ethyl adjacent to an activating group) is 1. The summed E-state index contributed by atoms with van der Waals surface area (Å²) in [5, 5.41) is 8.88. The Kier molecular flexibility index (Phi) is 15.4. The summed E-state index contributed by atoms with van der Waals surface area (Å²) in [6.07, 6.45) is 15.0. The van der Waals surface area contributed by atoms with Crippen molar-refractivity contribution in [3.63, 3.8) is 0 Å². The largest absolute Gasteiger partial charge is 0.395 e. The number of aliphatic hydroxyl groups excluding tert-OH is 1. The third-order valence-corrected chi connectivity index (χ3v) is 4.10. The van der Waals surface area contributed by atoms with Gasteiger partial charge in [0.2, 0.25) is 5.91 Å². The minimum atomic E-state index is 0.0673. The Morgan fingerprint density at radius 3 is 1.71 bits per heavy atom. The first-order valence-corrected chi connectivity index (χ1v) is 9.14. The molecule has 0 atom stereocenters. The van der Waals surface area contributed by atoms with Crippen molar-refractivity contribution >= 4 is 5.91 Å². The molecule has 0 radical (unpaired) electrons. The second kappa shape index (κ2) is 15.8. The van der Waals surface area contributed by atoms with Gasteiger partial charge in [-0.2, -0.15) is 0 Å². The summed E-state index contributed by atoms with van der Waals surface area (Å²) in [7, 11) is 0. The second-order valence-corrected chi connectivity index (χ2v) is 5.98. The minimum absolute atomic E-state index is 0.0673. The Morgan fingerprint density at radius 2 is 1.29 bits per heavy atom. The third kappa shape index (κ3) is 12.9. The normalized spacial score (nSPS) is 10.8. The lowest BCUT2D eigenvalue weighted by atomic mass is 10.1. The quantitative estimate of drug-likeness (QED) is 0.451. The lowest BCUT2D eigenvalue weighted by molar-refractivity contribution is -0.131. The van der Waals surface area contributed by atoms with Crippen LogP contribution in [0.1, 0.15) is 90.9 Å². The zero-order chi connectivity index (χ0) is 15.8. The molecule has 0 aliphatic heterocycles. The second-order valence-electron chi connectivity index (χ2n) is 5.98. The van der Waals surface area contributed by atoms with E-state index >= 15 is 0 Å². The number of hydrogen-bond acceptors (Lipinski definition) is 2. The maximum atomic E-state index is 11.8. The standard InChI is InChI=1S/C18H37NO2/c1-3-5-6-7-8-9-10-11-12-13-14-15-18(21)19(4-2)16-17-20/h20H,3-17H2,1-2H3. The first kappa shape index (κ1) is 20.4. The summed E-state index contributed by atoms with van der Waals surface area (Å²) in [6, 6.07) is 0. The van der Waals surface area contributed by atoms with Crippen molar-refractivity contribution in [3.05, 3.63) is 0 Å². The van der Waals surface area contributed by atoms with Crippen LogP contribution in [0.25, 0.3) is 0 Å². The molecule has 126 valence electrons. The van der Waals surface area contributed by atoms with Crippen molar-refractivity contribution in [2.24, 2.45) is 0 Å². The van der Waals surface area contributed by atoms with Gasteiger partial charge in [0.1, 0.15) is 0 Å². The zero-order valence-corrected chi connectivity index (χ0v) is 14.4. The van der Waals surface area contributed by atoms with Crippen LogP contribution in [0, 0.1) is 0 Å². The van der Waals surface area contributed by atoms with Gasteiger partial charge < -0.3 is 10.0 Å². The fraction of sp³-hybridized carbons (Fsp3) is 0.944. The number of carbonyl (C=O) groups excluding carboxylic acids is 1. The number of carbonyl (C=O) groups is 1. The van der Waals surface area contributed by atoms with Gasteiger partial charge in [0.25, 0.3) is 0 Å². The predicted octanol–water partition coefficient (Wildman–Crippen LogP) is 4.53. The molecular weight excluding hydrogens is 262 g/mol. The van der Waals surface area contributed by atoms with Crippen LogP contribution in [0.4, 0.5) is 0 Å². The van der Waals surface area contributed by atoms with Crippen LogP contribution in [0.15, 0.2) is 0 Å². The average molecular weight is 299 g/mol. The van der Waals surface area contributed by atoms with E-state index in [2.05, 4.69) is 6.92 Å². The topological polar surface area (TPSA) is 40.5 Å². The fourth-order valence-corrected chi connectivity index (χ4v) is 2.68. The summed E-state index contributed by atoms with van der Waals surface area (Å²) in [5.41, 5.74) is 0. The fourth-order valence-electron chi connectivity index (χ4n) is 2.68. The van der Waals surface area contributed by atoms with Crippen LogP contribution < -0.4 is 0 Å². The summed E-state index contributed by atoms with van der Waals surface area (Å²) >= 11 is 0. The highest BCUT2D eigenvalue weighted by Gasteiger charge is 2.09. The van der Waals surface area contributed by atoms with E-state index in [1.807, 2.05) is 6.92 Å². The van der Waals surface area contributed by atoms with E-state index in [4.69, 9.17) is 5.11 Å². The first-order chi connectivity index (χ1) is 10.3. The van der Waals surface area contributed by atoms with Crippen LogP contribution in [0.5, 0.6) is 0 Å². The molecule has 0 saturated heterocycles. The molecule has 0 spiro atoms. The van der Waals surface area contributed by atoms with Gasteiger partial charge in [0.05, 0.1) is 6.61 Å². The Hall–Kier alpha value is -0.570. The van der Waals surface area contributed by atoms with Gasteiger partial charge in [0.15, 0.2) is 0 Å². The van der Waals surface area contributed by atoms with Crippen molar-refractivity contribution < 1.29 is 9.90 Å². The van der Waals surface area contributed by atoms with Gasteiger partial charge in [-0.25, -0.2) is 0 Å². The molecule has 3 heteroatoms. The SMILES string of the molecule is CCCCCCCCCCCCCC(=O)N(CC)CCO. The van der Waals surface area contributed by atoms with Gasteiger partial charge in [-0.15, -0.1) is 0 Å². The molecule has 0 unspecified atom stereocenters. The summed E-state index contributed by atoms with van der Waals surface area (Å²) in [4.78, 5) is 13.6. The molecule has 1 N–H and O–H groups in total. The highest BCUT2D eigenvalue weighted by Crippen LogP contribution is 2.12. The Morgan fingerprint density at radius 1 is 0.810 bits per heavy atom. The molecule has 0 fully saturated rings. The van der Waals surface area contributed by atoms with Crippen LogP contribution in [0.3, 0.4) is 0 Å². The van der Waals surface area contributed by atoms with E-state index in [0.717, 1.165) is 12.8 Å². The average Bonchev–Trinajstić information content (AvgIpc) is 2.50. The van der Waals surface area contributed by atoms with E-state index in [-0.39, 0.29) is 12.5 Å². The molecule has 21 heavy (non-hydrogen) atoms. The number of amides is 1. The number of unbranched alkanes of at least 4 members (excludes halogenated alkanes) is 10. The summed E-state index contributed by atoms with van der Waals surface area (Å²) in [5.74, 6) is 0.197. The maximum Gasteiger partial charge on any atom is 0.222 e. The summed E-state index contributed by atoms with van der Waals surface area (Å²) in [6.45, 7) is 5.48. The van der Waals surface area contributed by atoms with E-state index in [9.17, 15) is 4.79 Å². The lowest BCUT2D eigenvalue weighted by Gasteiger charge is -2.19. The monoisotopic (exact) mass is 299 g/mol. The Bertz CT molecular complexity index is 231. The molecule has 0 heterocycles. The zero-order valence-electron chi connectivity index (χ0n) is 14.4. The molecule has 0 aromatic heterocycles. The number of hydrogen-bond donors (Lipinski definition) is 1. The highest BCUT2D eigenvalue weighted by molar-refractivity contribution is 5.76. The van der Waals surface area contributed by atoms with E-state index in [1.54, 1.807) is 4.90 Å². The molecule has 0 rings (SSSR count). The van der Waals surface area contributed by atoms with Crippen molar-refractivity contribution in [2.45, 2.75) is 90.9 Å². The smallest absolute Gasteiger partial charge is 0.222 e. The van der Waals surface area contributed by atoms with Crippen molar-refractivity contribution in [1.82, 2.24) is 4.90 Å². The van der Waals surface area contributed by atoms with E-state index in [0.29, 0.717) is 19.5 Å². The Labute approximate surface area is 132 Å². The highest BCUT2D eigenvalue weighted by atomic mass is 16.3. The van der Waals surface area contributed by atoms with Crippen molar-refractivity contribution in [3.8, 4) is 0 Å². The van der Waals surface area contributed by atoms with Crippen LogP contribution >= 0.6 is 0 Å². The lowest BCUT2D eigenvalue weighted by Crippen LogP contribution is -2.33. The molecule has 0 aromatic rings. The predicted molar refractivity (Wildman–Crippen MR) is 90.4 cm³/mol. The minimum Gasteiger partial charge on any atom is -0.395 e. The van der Waals surface area contributed by atoms with Crippen LogP contribution in [0.2, 0.25) is 0 Å². The summed E-state index contributed by atoms with van der Waals surface area (Å²) < 4.78 is 0. The van der Waals surface area contributed by atoms with E-state index < -0.39 is 0 Å². The molecule has 0 aromatic carbocycles. The molecule has 0 saturated carbocycles. The maximum absolute atomic E-state index is 11.8. The first-order valence-electron chi connectivity index (χ1n) is 9.14. The molecular formula is C18H37NO2. The molecule has 3 nitrogen and oxygen atoms in total. The van der Waals surface area contributed by atoms with Crippen LogP contribution in [-0.2, 0) is 4.79 Å². The Balaban J connectivity index is 3.30. The van der Waals surface area contributed by atoms with Gasteiger partial charge in [-0.3, -0.25) is 4.79 Å². The third-order valence-electron chi connectivity index (χ3n) is 4.10. The van der Waals surface area contributed by atoms with Crippen molar-refractivity contribution in [2.75, 3.05) is 19.7 Å². The van der Waals surface area contributed by atoms with E-state index in [1.165, 1.54) is 57.8 Å². The number of rotatable bonds is 15. The molecule has 1 amide bonds.